The van der Waals surface area contributed by atoms with Gasteiger partial charge in [0.05, 0.1) is 11.3 Å². The summed E-state index contributed by atoms with van der Waals surface area (Å²) in [6.45, 7) is 5.23. The highest BCUT2D eigenvalue weighted by Crippen LogP contribution is 2.52. The van der Waals surface area contributed by atoms with Gasteiger partial charge in [0, 0.05) is 17.8 Å². The van der Waals surface area contributed by atoms with Gasteiger partial charge in [-0.2, -0.15) is 16.8 Å². The lowest BCUT2D eigenvalue weighted by Gasteiger charge is -2.46. The second-order valence-electron chi connectivity index (χ2n) is 9.30. The highest BCUT2D eigenvalue weighted by molar-refractivity contribution is 7.91. The fourth-order valence-electron chi connectivity index (χ4n) is 5.14. The molecule has 0 radical (unpaired) electrons. The monoisotopic (exact) mass is 535 g/mol. The number of carboxylic acid groups (broad SMARTS) is 1. The van der Waals surface area contributed by atoms with Crippen LogP contribution in [-0.4, -0.2) is 48.8 Å². The fourth-order valence-corrected chi connectivity index (χ4v) is 6.90. The van der Waals surface area contributed by atoms with Crippen molar-refractivity contribution in [3.63, 3.8) is 0 Å². The first-order valence-corrected chi connectivity index (χ1v) is 13.9. The summed E-state index contributed by atoms with van der Waals surface area (Å²) in [7, 11) is -9.80. The molecule has 0 bridgehead atoms. The molecule has 1 aliphatic heterocycles. The molecule has 3 aliphatic rings. The third-order valence-electron chi connectivity index (χ3n) is 6.73. The van der Waals surface area contributed by atoms with Crippen LogP contribution in [-0.2, 0) is 25.0 Å². The molecule has 36 heavy (non-hydrogen) atoms. The number of benzene rings is 1. The molecule has 0 saturated carbocycles. The van der Waals surface area contributed by atoms with Crippen LogP contribution >= 0.6 is 0 Å². The summed E-state index contributed by atoms with van der Waals surface area (Å²) < 4.78 is 74.9. The molecule has 12 heteroatoms. The molecule has 0 aromatic heterocycles. The van der Waals surface area contributed by atoms with E-state index in [2.05, 4.69) is 0 Å². The van der Waals surface area contributed by atoms with Gasteiger partial charge < -0.3 is 9.84 Å². The summed E-state index contributed by atoms with van der Waals surface area (Å²) >= 11 is 0. The fraction of sp³-hybridized carbons (Fsp3) is 0.333. The van der Waals surface area contributed by atoms with Gasteiger partial charge in [0.15, 0.2) is 4.91 Å². The van der Waals surface area contributed by atoms with Crippen LogP contribution in [0, 0.1) is 17.2 Å². The van der Waals surface area contributed by atoms with Crippen LogP contribution in [0.4, 0.5) is 0 Å². The molecule has 1 heterocycles. The van der Waals surface area contributed by atoms with Gasteiger partial charge in [0.25, 0.3) is 20.2 Å². The Balaban J connectivity index is 2.05. The van der Waals surface area contributed by atoms with Crippen LogP contribution in [0.3, 0.4) is 0 Å². The van der Waals surface area contributed by atoms with Crippen molar-refractivity contribution in [3.05, 3.63) is 80.3 Å². The van der Waals surface area contributed by atoms with Crippen molar-refractivity contribution in [1.82, 2.24) is 0 Å². The number of rotatable bonds is 5. The maximum Gasteiger partial charge on any atom is 0.335 e. The highest BCUT2D eigenvalue weighted by atomic mass is 32.2. The van der Waals surface area contributed by atoms with E-state index < -0.39 is 65.6 Å². The van der Waals surface area contributed by atoms with E-state index in [9.17, 15) is 35.8 Å². The molecular weight excluding hydrogens is 510 g/mol. The van der Waals surface area contributed by atoms with Gasteiger partial charge in [-0.05, 0) is 41.7 Å². The summed E-state index contributed by atoms with van der Waals surface area (Å²) in [5.74, 6) is -4.25. The van der Waals surface area contributed by atoms with E-state index >= 15 is 0 Å². The van der Waals surface area contributed by atoms with Crippen molar-refractivity contribution in [3.8, 4) is 0 Å². The van der Waals surface area contributed by atoms with Crippen molar-refractivity contribution in [2.75, 3.05) is 0 Å². The lowest BCUT2D eigenvalue weighted by atomic mass is 9.67. The zero-order chi connectivity index (χ0) is 26.7. The summed E-state index contributed by atoms with van der Waals surface area (Å²) in [5.41, 5.74) is 0.569. The number of fused-ring (bicyclic) bond motifs is 2. The van der Waals surface area contributed by atoms with E-state index in [-0.39, 0.29) is 22.8 Å². The normalized spacial score (nSPS) is 26.1. The standard InChI is InChI=1S/C24H25NO9S2/c1-11(2)13-5-7-14(17(10-13)24(26)27)19-15-6-4-12(3)22(35(28,29)30)20(15)34-21-16(19)8-9-18(25)23(21)36(31,32)33/h4-11,15-16,19-20,25H,1-3H3,(H,26,27)(H,28,29,30)(H,31,32,33). The van der Waals surface area contributed by atoms with E-state index in [1.165, 1.54) is 31.2 Å². The van der Waals surface area contributed by atoms with Gasteiger partial charge in [0.2, 0.25) is 0 Å². The molecule has 1 saturated heterocycles. The van der Waals surface area contributed by atoms with Crippen LogP contribution in [0.15, 0.2) is 63.6 Å². The minimum atomic E-state index is -4.98. The molecular formula is C24H25NO9S2. The van der Waals surface area contributed by atoms with Crippen LogP contribution in [0.25, 0.3) is 0 Å². The van der Waals surface area contributed by atoms with E-state index in [0.29, 0.717) is 5.56 Å². The molecule has 0 spiro atoms. The quantitative estimate of drug-likeness (QED) is 0.409. The molecule has 2 aliphatic carbocycles. The molecule has 1 aromatic rings. The minimum absolute atomic E-state index is 0.0162. The molecule has 192 valence electrons. The Labute approximate surface area is 208 Å². The predicted molar refractivity (Wildman–Crippen MR) is 131 cm³/mol. The van der Waals surface area contributed by atoms with Gasteiger partial charge in [-0.3, -0.25) is 14.5 Å². The van der Waals surface area contributed by atoms with E-state index in [0.717, 1.165) is 5.56 Å². The first kappa shape index (κ1) is 26.0. The summed E-state index contributed by atoms with van der Waals surface area (Å²) in [5, 5.41) is 18.1. The molecule has 1 fully saturated rings. The zero-order valence-corrected chi connectivity index (χ0v) is 21.2. The first-order valence-electron chi connectivity index (χ1n) is 11.0. The van der Waals surface area contributed by atoms with Gasteiger partial charge in [0.1, 0.15) is 16.8 Å². The molecule has 1 aromatic carbocycles. The molecule has 4 unspecified atom stereocenters. The number of aromatic carboxylic acids is 1. The lowest BCUT2D eigenvalue weighted by molar-refractivity contribution is 0.0355. The Morgan fingerprint density at radius 1 is 1.06 bits per heavy atom. The molecule has 0 amide bonds. The smallest absolute Gasteiger partial charge is 0.335 e. The van der Waals surface area contributed by atoms with Crippen molar-refractivity contribution in [2.24, 2.45) is 11.8 Å². The van der Waals surface area contributed by atoms with Crippen LogP contribution in [0.2, 0.25) is 0 Å². The van der Waals surface area contributed by atoms with Crippen molar-refractivity contribution < 1.29 is 40.6 Å². The van der Waals surface area contributed by atoms with Gasteiger partial charge in [-0.25, -0.2) is 4.79 Å². The largest absolute Gasteiger partial charge is 0.486 e. The van der Waals surface area contributed by atoms with E-state index in [1.807, 2.05) is 13.8 Å². The topological polar surface area (TPSA) is 179 Å². The Morgan fingerprint density at radius 3 is 2.28 bits per heavy atom. The number of ether oxygens (including phenoxy) is 1. The number of hydrogen-bond donors (Lipinski definition) is 4. The summed E-state index contributed by atoms with van der Waals surface area (Å²) in [6.07, 6.45) is 4.34. The van der Waals surface area contributed by atoms with Crippen LogP contribution in [0.5, 0.6) is 0 Å². The van der Waals surface area contributed by atoms with E-state index in [4.69, 9.17) is 10.1 Å². The van der Waals surface area contributed by atoms with Crippen molar-refractivity contribution >= 4 is 31.9 Å². The lowest BCUT2D eigenvalue weighted by Crippen LogP contribution is -2.44. The van der Waals surface area contributed by atoms with Crippen molar-refractivity contribution in [1.29, 1.82) is 5.41 Å². The molecule has 10 nitrogen and oxygen atoms in total. The number of nitrogens with one attached hydrogen (secondary N) is 1. The Kier molecular flexibility index (Phi) is 6.36. The molecule has 4 rings (SSSR count). The second kappa shape index (κ2) is 8.80. The maximum atomic E-state index is 12.3. The SMILES string of the molecule is CC1=C(S(=O)(=O)O)C2OC3=C(S(=O)(=O)O)C(=N)C=CC3C(c3ccc(C(C)C)cc3C(=O)O)C2C=C1. The van der Waals surface area contributed by atoms with Gasteiger partial charge in [-0.15, -0.1) is 0 Å². The third kappa shape index (κ3) is 4.34. The number of hydrogen-bond acceptors (Lipinski definition) is 7. The maximum absolute atomic E-state index is 12.3. The molecule has 4 atom stereocenters. The Hall–Kier alpha value is -3.06. The van der Waals surface area contributed by atoms with Crippen LogP contribution < -0.4 is 0 Å². The van der Waals surface area contributed by atoms with Gasteiger partial charge >= 0.3 is 5.97 Å². The number of allylic oxidation sites excluding steroid dienone is 5. The average molecular weight is 536 g/mol. The van der Waals surface area contributed by atoms with E-state index in [1.54, 1.807) is 18.2 Å². The number of carboxylic acids is 1. The van der Waals surface area contributed by atoms with Crippen molar-refractivity contribution in [2.45, 2.75) is 38.7 Å². The summed E-state index contributed by atoms with van der Waals surface area (Å²) in [4.78, 5) is 11.0. The first-order chi connectivity index (χ1) is 16.6. The zero-order valence-electron chi connectivity index (χ0n) is 19.5. The third-order valence-corrected chi connectivity index (χ3v) is 8.78. The molecule has 4 N–H and O–H groups in total. The minimum Gasteiger partial charge on any atom is -0.486 e. The Morgan fingerprint density at radius 2 is 1.72 bits per heavy atom. The summed E-state index contributed by atoms with van der Waals surface area (Å²) in [6, 6.07) is 4.87. The highest BCUT2D eigenvalue weighted by Gasteiger charge is 2.51. The average Bonchev–Trinajstić information content (AvgIpc) is 2.74. The number of carbonyl (C=O) groups is 1. The second-order valence-corrected chi connectivity index (χ2v) is 12.0. The van der Waals surface area contributed by atoms with Gasteiger partial charge in [-0.1, -0.05) is 44.2 Å². The van der Waals surface area contributed by atoms with Crippen LogP contribution in [0.1, 0.15) is 54.1 Å². The predicted octanol–water partition coefficient (Wildman–Crippen LogP) is 3.64. The Bertz CT molecular complexity index is 1510.